The lowest BCUT2D eigenvalue weighted by Gasteiger charge is -2.15. The molecule has 0 aliphatic carbocycles. The van der Waals surface area contributed by atoms with Crippen molar-refractivity contribution in [2.75, 3.05) is 5.73 Å². The lowest BCUT2D eigenvalue weighted by atomic mass is 10.0. The molecule has 0 aliphatic rings. The van der Waals surface area contributed by atoms with Gasteiger partial charge in [0.25, 0.3) is 0 Å². The van der Waals surface area contributed by atoms with Crippen LogP contribution in [0.4, 0.5) is 10.1 Å². The summed E-state index contributed by atoms with van der Waals surface area (Å²) < 4.78 is 19.0. The molecule has 0 bridgehead atoms. The zero-order valence-electron chi connectivity index (χ0n) is 11.7. The van der Waals surface area contributed by atoms with Crippen molar-refractivity contribution in [2.45, 2.75) is 26.7 Å². The van der Waals surface area contributed by atoms with Crippen molar-refractivity contribution in [3.63, 3.8) is 0 Å². The van der Waals surface area contributed by atoms with Gasteiger partial charge in [0.15, 0.2) is 5.75 Å². The first kappa shape index (κ1) is 14.7. The molecule has 0 spiro atoms. The Bertz CT molecular complexity index is 641. The minimum Gasteiger partial charge on any atom is -0.455 e. The Balaban J connectivity index is 2.43. The van der Waals surface area contributed by atoms with Gasteiger partial charge in [-0.25, -0.2) is 4.39 Å². The van der Waals surface area contributed by atoms with Crippen molar-refractivity contribution in [2.24, 2.45) is 0 Å². The quantitative estimate of drug-likeness (QED) is 0.781. The molecule has 0 heterocycles. The Hall–Kier alpha value is -1.74. The van der Waals surface area contributed by atoms with Gasteiger partial charge in [0.1, 0.15) is 11.6 Å². The van der Waals surface area contributed by atoms with Crippen LogP contribution in [0, 0.1) is 12.7 Å². The molecule has 2 aromatic carbocycles. The summed E-state index contributed by atoms with van der Waals surface area (Å²) in [5, 5.41) is 0.706. The van der Waals surface area contributed by atoms with Gasteiger partial charge in [-0.05, 0) is 48.2 Å². The summed E-state index contributed by atoms with van der Waals surface area (Å²) in [6.45, 7) is 5.99. The second-order valence-corrected chi connectivity index (χ2v) is 5.49. The van der Waals surface area contributed by atoms with Crippen LogP contribution in [0.15, 0.2) is 30.3 Å². The molecule has 0 saturated carbocycles. The zero-order valence-corrected chi connectivity index (χ0v) is 12.5. The maximum Gasteiger partial charge on any atom is 0.153 e. The molecule has 106 valence electrons. The van der Waals surface area contributed by atoms with Gasteiger partial charge in [0.2, 0.25) is 0 Å². The zero-order chi connectivity index (χ0) is 14.9. The van der Waals surface area contributed by atoms with Gasteiger partial charge in [0.05, 0.1) is 5.69 Å². The van der Waals surface area contributed by atoms with Crippen molar-refractivity contribution < 1.29 is 9.13 Å². The number of ether oxygens (including phenoxy) is 1. The van der Waals surface area contributed by atoms with Gasteiger partial charge in [-0.1, -0.05) is 25.4 Å². The van der Waals surface area contributed by atoms with E-state index in [4.69, 9.17) is 22.1 Å². The molecule has 20 heavy (non-hydrogen) atoms. The van der Waals surface area contributed by atoms with E-state index in [-0.39, 0.29) is 11.7 Å². The van der Waals surface area contributed by atoms with E-state index in [9.17, 15) is 4.39 Å². The molecule has 4 heteroatoms. The molecular weight excluding hydrogens is 277 g/mol. The molecule has 0 radical (unpaired) electrons. The SMILES string of the molecule is Cc1cc(Cl)c(C(C)C)cc1Oc1cc(F)ccc1N. The molecule has 0 saturated heterocycles. The molecule has 0 aliphatic heterocycles. The average molecular weight is 294 g/mol. The number of nitrogens with two attached hydrogens (primary N) is 1. The van der Waals surface area contributed by atoms with Gasteiger partial charge in [-0.3, -0.25) is 0 Å². The van der Waals surface area contributed by atoms with E-state index in [2.05, 4.69) is 13.8 Å². The van der Waals surface area contributed by atoms with E-state index in [0.29, 0.717) is 22.2 Å². The average Bonchev–Trinajstić information content (AvgIpc) is 2.36. The second-order valence-electron chi connectivity index (χ2n) is 5.08. The predicted molar refractivity (Wildman–Crippen MR) is 81.2 cm³/mol. The number of hydrogen-bond acceptors (Lipinski definition) is 2. The predicted octanol–water partition coefficient (Wildman–Crippen LogP) is 5.29. The molecule has 2 N–H and O–H groups in total. The Morgan fingerprint density at radius 3 is 2.50 bits per heavy atom. The molecule has 0 fully saturated rings. The number of aryl methyl sites for hydroxylation is 1. The van der Waals surface area contributed by atoms with Crippen LogP contribution >= 0.6 is 11.6 Å². The number of rotatable bonds is 3. The van der Waals surface area contributed by atoms with Crippen LogP contribution in [-0.2, 0) is 0 Å². The maximum absolute atomic E-state index is 13.3. The van der Waals surface area contributed by atoms with Crippen molar-refractivity contribution in [3.05, 3.63) is 52.3 Å². The highest BCUT2D eigenvalue weighted by atomic mass is 35.5. The topological polar surface area (TPSA) is 35.2 Å². The van der Waals surface area contributed by atoms with Crippen molar-refractivity contribution >= 4 is 17.3 Å². The smallest absolute Gasteiger partial charge is 0.153 e. The molecule has 2 aromatic rings. The summed E-state index contributed by atoms with van der Waals surface area (Å²) in [5.74, 6) is 0.834. The standard InChI is InChI=1S/C16H17ClFNO/c1-9(2)12-8-15(10(3)6-13(12)17)20-16-7-11(18)4-5-14(16)19/h4-9H,19H2,1-3H3. The van der Waals surface area contributed by atoms with Crippen LogP contribution in [0.2, 0.25) is 5.02 Å². The number of nitrogen functional groups attached to an aromatic ring is 1. The highest BCUT2D eigenvalue weighted by molar-refractivity contribution is 6.31. The summed E-state index contributed by atoms with van der Waals surface area (Å²) in [4.78, 5) is 0. The highest BCUT2D eigenvalue weighted by Crippen LogP contribution is 2.35. The maximum atomic E-state index is 13.3. The molecule has 0 aromatic heterocycles. The molecule has 0 unspecified atom stereocenters. The van der Waals surface area contributed by atoms with Gasteiger partial charge < -0.3 is 10.5 Å². The fourth-order valence-corrected chi connectivity index (χ4v) is 2.37. The lowest BCUT2D eigenvalue weighted by molar-refractivity contribution is 0.474. The van der Waals surface area contributed by atoms with Crippen LogP contribution in [0.1, 0.15) is 30.9 Å². The fourth-order valence-electron chi connectivity index (χ4n) is 1.94. The number of anilines is 1. The molecular formula is C16H17ClFNO. The molecule has 2 rings (SSSR count). The molecule has 0 amide bonds. The number of halogens is 2. The van der Waals surface area contributed by atoms with Gasteiger partial charge in [-0.15, -0.1) is 0 Å². The van der Waals surface area contributed by atoms with E-state index in [1.165, 1.54) is 18.2 Å². The van der Waals surface area contributed by atoms with Gasteiger partial charge in [-0.2, -0.15) is 0 Å². The van der Waals surface area contributed by atoms with Crippen LogP contribution in [0.25, 0.3) is 0 Å². The number of hydrogen-bond donors (Lipinski definition) is 1. The van der Waals surface area contributed by atoms with Crippen LogP contribution in [0.5, 0.6) is 11.5 Å². The first-order valence-electron chi connectivity index (χ1n) is 6.41. The Morgan fingerprint density at radius 2 is 1.85 bits per heavy atom. The van der Waals surface area contributed by atoms with E-state index in [0.717, 1.165) is 11.1 Å². The number of benzene rings is 2. The Morgan fingerprint density at radius 1 is 1.15 bits per heavy atom. The third kappa shape index (κ3) is 3.05. The van der Waals surface area contributed by atoms with E-state index >= 15 is 0 Å². The lowest BCUT2D eigenvalue weighted by Crippen LogP contribution is -1.97. The van der Waals surface area contributed by atoms with Gasteiger partial charge >= 0.3 is 0 Å². The molecule has 2 nitrogen and oxygen atoms in total. The van der Waals surface area contributed by atoms with Crippen LogP contribution in [0.3, 0.4) is 0 Å². The van der Waals surface area contributed by atoms with Crippen molar-refractivity contribution in [1.29, 1.82) is 0 Å². The second kappa shape index (κ2) is 5.71. The van der Waals surface area contributed by atoms with Crippen LogP contribution in [-0.4, -0.2) is 0 Å². The normalized spacial score (nSPS) is 10.9. The summed E-state index contributed by atoms with van der Waals surface area (Å²) in [6.07, 6.45) is 0. The Labute approximate surface area is 123 Å². The molecule has 0 atom stereocenters. The minimum atomic E-state index is -0.384. The minimum absolute atomic E-state index is 0.273. The first-order chi connectivity index (χ1) is 9.38. The third-order valence-corrected chi connectivity index (χ3v) is 3.44. The summed E-state index contributed by atoms with van der Waals surface area (Å²) >= 11 is 6.22. The van der Waals surface area contributed by atoms with E-state index in [1.807, 2.05) is 19.1 Å². The van der Waals surface area contributed by atoms with Crippen molar-refractivity contribution in [1.82, 2.24) is 0 Å². The summed E-state index contributed by atoms with van der Waals surface area (Å²) in [7, 11) is 0. The van der Waals surface area contributed by atoms with E-state index in [1.54, 1.807) is 0 Å². The highest BCUT2D eigenvalue weighted by Gasteiger charge is 2.12. The third-order valence-electron chi connectivity index (χ3n) is 3.11. The largest absolute Gasteiger partial charge is 0.455 e. The van der Waals surface area contributed by atoms with Crippen molar-refractivity contribution in [3.8, 4) is 11.5 Å². The monoisotopic (exact) mass is 293 g/mol. The first-order valence-corrected chi connectivity index (χ1v) is 6.79. The fraction of sp³-hybridized carbons (Fsp3) is 0.250. The summed E-state index contributed by atoms with van der Waals surface area (Å²) in [5.41, 5.74) is 8.06. The van der Waals surface area contributed by atoms with E-state index < -0.39 is 0 Å². The van der Waals surface area contributed by atoms with Gasteiger partial charge in [0, 0.05) is 11.1 Å². The Kier molecular flexibility index (Phi) is 4.19. The summed E-state index contributed by atoms with van der Waals surface area (Å²) in [6, 6.07) is 7.79. The van der Waals surface area contributed by atoms with Crippen LogP contribution < -0.4 is 10.5 Å².